The van der Waals surface area contributed by atoms with Crippen LogP contribution in [0, 0.1) is 6.92 Å². The normalized spacial score (nSPS) is 15.4. The molecular weight excluding hydrogens is 528 g/mol. The molecule has 0 spiro atoms. The number of hydrogen-bond donors (Lipinski definition) is 2. The van der Waals surface area contributed by atoms with E-state index in [1.807, 2.05) is 13.0 Å². The molecule has 0 aliphatic carbocycles. The Kier molecular flexibility index (Phi) is 6.78. The van der Waals surface area contributed by atoms with Gasteiger partial charge in [0.25, 0.3) is 5.56 Å². The van der Waals surface area contributed by atoms with Gasteiger partial charge in [0.15, 0.2) is 0 Å². The first-order valence-corrected chi connectivity index (χ1v) is 12.4. The van der Waals surface area contributed by atoms with Crippen LogP contribution in [0.3, 0.4) is 0 Å². The third-order valence-corrected chi connectivity index (χ3v) is 6.86. The van der Waals surface area contributed by atoms with Crippen LogP contribution in [0.2, 0.25) is 5.02 Å². The molecule has 2 heterocycles. The fourth-order valence-corrected chi connectivity index (χ4v) is 4.89. The quantitative estimate of drug-likeness (QED) is 0.310. The van der Waals surface area contributed by atoms with Crippen LogP contribution in [0.5, 0.6) is 0 Å². The molecule has 3 aromatic carbocycles. The van der Waals surface area contributed by atoms with Crippen LogP contribution in [0.15, 0.2) is 82.7 Å². The highest BCUT2D eigenvalue weighted by Crippen LogP contribution is 2.39. The second kappa shape index (κ2) is 10.1. The number of fused-ring (bicyclic) bond motifs is 1. The van der Waals surface area contributed by atoms with Gasteiger partial charge in [0.05, 0.1) is 17.3 Å². The van der Waals surface area contributed by atoms with Crippen molar-refractivity contribution in [1.82, 2.24) is 9.99 Å². The van der Waals surface area contributed by atoms with E-state index in [0.29, 0.717) is 37.6 Å². The summed E-state index contributed by atoms with van der Waals surface area (Å²) in [7, 11) is 0. The molecular formula is C29H22ClF2N3O4. The van der Waals surface area contributed by atoms with Gasteiger partial charge in [-0.15, -0.1) is 0 Å². The van der Waals surface area contributed by atoms with Gasteiger partial charge >= 0.3 is 17.8 Å². The average molecular weight is 550 g/mol. The van der Waals surface area contributed by atoms with Crippen LogP contribution in [-0.2, 0) is 9.59 Å². The van der Waals surface area contributed by atoms with Gasteiger partial charge in [-0.2, -0.15) is 13.9 Å². The van der Waals surface area contributed by atoms with Crippen molar-refractivity contribution in [3.05, 3.63) is 105 Å². The Bertz CT molecular complexity index is 1680. The maximum Gasteiger partial charge on any atom is 0.337 e. The summed E-state index contributed by atoms with van der Waals surface area (Å²) in [6, 6.07) is 19.9. The van der Waals surface area contributed by atoms with Gasteiger partial charge in [0.1, 0.15) is 6.42 Å². The van der Waals surface area contributed by atoms with Crippen molar-refractivity contribution in [1.29, 1.82) is 0 Å². The number of rotatable bonds is 6. The van der Waals surface area contributed by atoms with E-state index in [0.717, 1.165) is 5.56 Å². The van der Waals surface area contributed by atoms with Crippen molar-refractivity contribution >= 4 is 40.1 Å². The molecule has 10 heteroatoms. The van der Waals surface area contributed by atoms with E-state index in [4.69, 9.17) is 16.7 Å². The molecule has 1 atom stereocenters. The molecule has 0 saturated carbocycles. The molecule has 0 fully saturated rings. The summed E-state index contributed by atoms with van der Waals surface area (Å²) < 4.78 is 29.5. The van der Waals surface area contributed by atoms with Crippen molar-refractivity contribution in [3.63, 3.8) is 0 Å². The van der Waals surface area contributed by atoms with Crippen molar-refractivity contribution in [2.75, 3.05) is 0 Å². The minimum atomic E-state index is -4.21. The van der Waals surface area contributed by atoms with Crippen molar-refractivity contribution in [2.45, 2.75) is 31.7 Å². The molecule has 0 radical (unpaired) electrons. The fourth-order valence-electron chi connectivity index (χ4n) is 4.76. The molecule has 7 nitrogen and oxygen atoms in total. The number of hydrazone groups is 1. The van der Waals surface area contributed by atoms with Gasteiger partial charge in [-0.05, 0) is 36.2 Å². The molecule has 1 amide bonds. The molecule has 5 rings (SSSR count). The van der Waals surface area contributed by atoms with Gasteiger partial charge in [-0.1, -0.05) is 71.8 Å². The van der Waals surface area contributed by atoms with E-state index in [2.05, 4.69) is 10.1 Å². The lowest BCUT2D eigenvalue weighted by molar-refractivity contribution is -0.167. The van der Waals surface area contributed by atoms with Crippen molar-refractivity contribution in [3.8, 4) is 11.1 Å². The Morgan fingerprint density at radius 2 is 1.72 bits per heavy atom. The van der Waals surface area contributed by atoms with Crippen LogP contribution in [0.4, 0.5) is 8.78 Å². The number of para-hydroxylation sites is 1. The monoisotopic (exact) mass is 549 g/mol. The molecule has 0 saturated heterocycles. The summed E-state index contributed by atoms with van der Waals surface area (Å²) in [4.78, 5) is 40.4. The molecule has 39 heavy (non-hydrogen) atoms. The molecule has 1 aromatic heterocycles. The Balaban J connectivity index is 1.72. The zero-order valence-electron chi connectivity index (χ0n) is 20.6. The van der Waals surface area contributed by atoms with E-state index >= 15 is 0 Å². The number of amides is 1. The molecule has 1 unspecified atom stereocenters. The second-order valence-electron chi connectivity index (χ2n) is 9.36. The first-order chi connectivity index (χ1) is 18.5. The summed E-state index contributed by atoms with van der Waals surface area (Å²) >= 11 is 6.10. The molecule has 1 aliphatic heterocycles. The maximum absolute atomic E-state index is 14.8. The van der Waals surface area contributed by atoms with Gasteiger partial charge in [-0.3, -0.25) is 14.4 Å². The summed E-state index contributed by atoms with van der Waals surface area (Å²) in [5, 5.41) is 15.0. The number of aliphatic carboxylic acids is 1. The summed E-state index contributed by atoms with van der Waals surface area (Å²) in [6.45, 7) is 1.86. The topological polar surface area (TPSA) is 103 Å². The van der Waals surface area contributed by atoms with Gasteiger partial charge in [0, 0.05) is 27.9 Å². The number of aryl methyl sites for hydroxylation is 1. The number of alkyl halides is 2. The predicted octanol–water partition coefficient (Wildman–Crippen LogP) is 5.94. The van der Waals surface area contributed by atoms with Crippen LogP contribution >= 0.6 is 11.6 Å². The number of carbonyl (C=O) groups excluding carboxylic acids is 1. The van der Waals surface area contributed by atoms with Crippen LogP contribution in [-0.4, -0.2) is 38.6 Å². The number of carboxylic acid groups (broad SMARTS) is 1. The number of halogens is 3. The number of nitrogens with zero attached hydrogens (tertiary/aromatic N) is 2. The number of H-pyrrole nitrogens is 1. The third kappa shape index (κ3) is 5.05. The van der Waals surface area contributed by atoms with Crippen LogP contribution < -0.4 is 5.56 Å². The molecule has 1 aliphatic rings. The Morgan fingerprint density at radius 3 is 2.38 bits per heavy atom. The van der Waals surface area contributed by atoms with E-state index in [-0.39, 0.29) is 17.7 Å². The highest BCUT2D eigenvalue weighted by Gasteiger charge is 2.49. The Morgan fingerprint density at radius 1 is 1.05 bits per heavy atom. The van der Waals surface area contributed by atoms with Crippen LogP contribution in [0.25, 0.3) is 22.0 Å². The van der Waals surface area contributed by atoms with E-state index in [9.17, 15) is 23.2 Å². The number of hydrogen-bond acceptors (Lipinski definition) is 4. The fraction of sp³-hybridized carbons (Fsp3) is 0.172. The largest absolute Gasteiger partial charge is 0.481 e. The zero-order chi connectivity index (χ0) is 27.9. The number of benzene rings is 3. The van der Waals surface area contributed by atoms with Gasteiger partial charge in [0.2, 0.25) is 0 Å². The number of carboxylic acids is 1. The lowest BCUT2D eigenvalue weighted by Gasteiger charge is -2.25. The predicted molar refractivity (Wildman–Crippen MR) is 144 cm³/mol. The number of aromatic nitrogens is 1. The lowest BCUT2D eigenvalue weighted by atomic mass is 9.91. The first-order valence-electron chi connectivity index (χ1n) is 12.0. The zero-order valence-corrected chi connectivity index (χ0v) is 21.4. The number of pyridine rings is 1. The van der Waals surface area contributed by atoms with Gasteiger partial charge < -0.3 is 10.1 Å². The van der Waals surface area contributed by atoms with Crippen molar-refractivity contribution < 1.29 is 23.5 Å². The van der Waals surface area contributed by atoms with Gasteiger partial charge in [-0.25, -0.2) is 5.01 Å². The SMILES string of the molecule is Cc1ccc(C2CC(c3c(-c4ccc(Cl)cc4)c4ccccc4[nH]c3=O)=NN2C(=O)C(F)(F)CC(=O)O)cc1. The number of carbonyl (C=O) groups is 2. The van der Waals surface area contributed by atoms with Crippen LogP contribution in [0.1, 0.15) is 35.6 Å². The smallest absolute Gasteiger partial charge is 0.337 e. The summed E-state index contributed by atoms with van der Waals surface area (Å²) in [5.41, 5.74) is 2.90. The standard InChI is InChI=1S/C29H22ClF2N3O4/c1-16-6-8-17(9-7-16)23-14-22(34-35(23)28(39)29(31,32)15-24(36)37)26-25(18-10-12-19(30)13-11-18)20-4-2-3-5-21(20)33-27(26)38/h2-13,23H,14-15H2,1H3,(H,33,38)(H,36,37). The molecule has 4 aromatic rings. The molecule has 198 valence electrons. The van der Waals surface area contributed by atoms with E-state index in [1.165, 1.54) is 0 Å². The summed E-state index contributed by atoms with van der Waals surface area (Å²) in [5.74, 6) is -7.78. The first kappa shape index (κ1) is 26.2. The highest BCUT2D eigenvalue weighted by atomic mass is 35.5. The minimum Gasteiger partial charge on any atom is -0.481 e. The number of nitrogens with one attached hydrogen (secondary N) is 1. The molecule has 2 N–H and O–H groups in total. The average Bonchev–Trinajstić information content (AvgIpc) is 3.32. The lowest BCUT2D eigenvalue weighted by Crippen LogP contribution is -2.42. The Hall–Kier alpha value is -4.37. The maximum atomic E-state index is 14.8. The van der Waals surface area contributed by atoms with E-state index < -0.39 is 35.8 Å². The number of aromatic amines is 1. The van der Waals surface area contributed by atoms with E-state index in [1.54, 1.807) is 66.7 Å². The Labute approximate surface area is 226 Å². The molecule has 0 bridgehead atoms. The third-order valence-electron chi connectivity index (χ3n) is 6.61. The minimum absolute atomic E-state index is 0.0417. The van der Waals surface area contributed by atoms with Crippen molar-refractivity contribution in [2.24, 2.45) is 5.10 Å². The second-order valence-corrected chi connectivity index (χ2v) is 9.80. The highest BCUT2D eigenvalue weighted by molar-refractivity contribution is 6.30. The summed E-state index contributed by atoms with van der Waals surface area (Å²) in [6.07, 6.45) is -1.72.